The Hall–Kier alpha value is -3.21. The van der Waals surface area contributed by atoms with Crippen LogP contribution >= 0.6 is 0 Å². The zero-order chi connectivity index (χ0) is 15.5. The van der Waals surface area contributed by atoms with Gasteiger partial charge in [-0.3, -0.25) is 14.9 Å². The number of nitro groups is 1. The molecule has 0 bridgehead atoms. The van der Waals surface area contributed by atoms with E-state index in [1.165, 1.54) is 18.2 Å². The first-order chi connectivity index (χ1) is 10.7. The minimum absolute atomic E-state index is 0.0227. The maximum absolute atomic E-state index is 12.3. The molecule has 5 nitrogen and oxygen atoms in total. The number of nitrogens with zero attached hydrogens (tertiary/aromatic N) is 1. The first-order valence-corrected chi connectivity index (χ1v) is 6.69. The van der Waals surface area contributed by atoms with E-state index in [9.17, 15) is 14.9 Å². The van der Waals surface area contributed by atoms with Crippen molar-refractivity contribution in [1.82, 2.24) is 4.98 Å². The van der Waals surface area contributed by atoms with Gasteiger partial charge in [-0.2, -0.15) is 0 Å². The average Bonchev–Trinajstić information content (AvgIpc) is 2.97. The molecule has 0 saturated heterocycles. The fourth-order valence-electron chi connectivity index (χ4n) is 2.33. The molecule has 0 amide bonds. The number of nitro benzene ring substituents is 1. The van der Waals surface area contributed by atoms with Gasteiger partial charge in [0, 0.05) is 28.7 Å². The Kier molecular flexibility index (Phi) is 3.53. The van der Waals surface area contributed by atoms with Crippen LogP contribution in [0.4, 0.5) is 5.69 Å². The fourth-order valence-corrected chi connectivity index (χ4v) is 2.33. The second-order valence-electron chi connectivity index (χ2n) is 4.76. The van der Waals surface area contributed by atoms with Crippen molar-refractivity contribution in [3.63, 3.8) is 0 Å². The zero-order valence-electron chi connectivity index (χ0n) is 11.5. The largest absolute Gasteiger partial charge is 0.360 e. The van der Waals surface area contributed by atoms with Crippen LogP contribution in [0.5, 0.6) is 0 Å². The standard InChI is InChI=1S/C17H12N2O3/c20-17(14-11-18-15-7-3-2-6-13(14)15)10-9-12-5-1-4-8-16(12)19(21)22/h1-11,18H/b10-9+. The monoisotopic (exact) mass is 292 g/mol. The molecule has 0 radical (unpaired) electrons. The van der Waals surface area contributed by atoms with Gasteiger partial charge in [-0.1, -0.05) is 30.3 Å². The van der Waals surface area contributed by atoms with Crippen molar-refractivity contribution < 1.29 is 9.72 Å². The highest BCUT2D eigenvalue weighted by Crippen LogP contribution is 2.21. The molecule has 1 aromatic heterocycles. The third-order valence-electron chi connectivity index (χ3n) is 3.40. The number of rotatable bonds is 4. The van der Waals surface area contributed by atoms with Crippen LogP contribution in [0.2, 0.25) is 0 Å². The van der Waals surface area contributed by atoms with Gasteiger partial charge in [-0.25, -0.2) is 0 Å². The van der Waals surface area contributed by atoms with Gasteiger partial charge in [-0.05, 0) is 24.3 Å². The Balaban J connectivity index is 1.93. The van der Waals surface area contributed by atoms with Crippen LogP contribution in [0.15, 0.2) is 60.8 Å². The summed E-state index contributed by atoms with van der Waals surface area (Å²) in [4.78, 5) is 25.8. The van der Waals surface area contributed by atoms with Crippen molar-refractivity contribution in [1.29, 1.82) is 0 Å². The number of carbonyl (C=O) groups excluding carboxylic acids is 1. The van der Waals surface area contributed by atoms with Crippen LogP contribution < -0.4 is 0 Å². The second-order valence-corrected chi connectivity index (χ2v) is 4.76. The number of nitrogens with one attached hydrogen (secondary N) is 1. The first-order valence-electron chi connectivity index (χ1n) is 6.69. The third kappa shape index (κ3) is 2.52. The number of carbonyl (C=O) groups is 1. The molecule has 22 heavy (non-hydrogen) atoms. The number of allylic oxidation sites excluding steroid dienone is 1. The van der Waals surface area contributed by atoms with Crippen molar-refractivity contribution in [3.05, 3.63) is 82.0 Å². The number of fused-ring (bicyclic) bond motifs is 1. The molecule has 2 aromatic carbocycles. The lowest BCUT2D eigenvalue weighted by Crippen LogP contribution is -1.94. The van der Waals surface area contributed by atoms with Gasteiger partial charge in [0.05, 0.1) is 10.5 Å². The zero-order valence-corrected chi connectivity index (χ0v) is 11.5. The Morgan fingerprint density at radius 3 is 2.64 bits per heavy atom. The molecule has 1 heterocycles. The maximum atomic E-state index is 12.3. The summed E-state index contributed by atoms with van der Waals surface area (Å²) in [7, 11) is 0. The highest BCUT2D eigenvalue weighted by molar-refractivity contribution is 6.14. The summed E-state index contributed by atoms with van der Waals surface area (Å²) in [5.74, 6) is -0.199. The van der Waals surface area contributed by atoms with Gasteiger partial charge in [0.2, 0.25) is 0 Å². The number of ketones is 1. The number of H-pyrrole nitrogens is 1. The summed E-state index contributed by atoms with van der Waals surface area (Å²) in [6.07, 6.45) is 4.48. The predicted molar refractivity (Wildman–Crippen MR) is 84.8 cm³/mol. The minimum atomic E-state index is -0.462. The first kappa shape index (κ1) is 13.8. The highest BCUT2D eigenvalue weighted by Gasteiger charge is 2.12. The molecule has 3 rings (SSSR count). The molecule has 5 heteroatoms. The summed E-state index contributed by atoms with van der Waals surface area (Å²) in [5.41, 5.74) is 1.81. The Bertz CT molecular complexity index is 894. The molecule has 0 aliphatic rings. The van der Waals surface area contributed by atoms with Crippen molar-refractivity contribution in [2.45, 2.75) is 0 Å². The number of benzene rings is 2. The van der Waals surface area contributed by atoms with E-state index < -0.39 is 4.92 Å². The van der Waals surface area contributed by atoms with E-state index in [1.54, 1.807) is 24.4 Å². The average molecular weight is 292 g/mol. The number of aromatic nitrogens is 1. The van der Waals surface area contributed by atoms with Crippen molar-refractivity contribution in [2.24, 2.45) is 0 Å². The Morgan fingerprint density at radius 2 is 1.82 bits per heavy atom. The van der Waals surface area contributed by atoms with Gasteiger partial charge in [0.25, 0.3) is 5.69 Å². The molecule has 0 fully saturated rings. The van der Waals surface area contributed by atoms with Gasteiger partial charge < -0.3 is 4.98 Å². The molecular weight excluding hydrogens is 280 g/mol. The van der Waals surface area contributed by atoms with Gasteiger partial charge in [-0.15, -0.1) is 0 Å². The van der Waals surface area contributed by atoms with E-state index in [2.05, 4.69) is 4.98 Å². The van der Waals surface area contributed by atoms with Crippen molar-refractivity contribution in [2.75, 3.05) is 0 Å². The summed E-state index contributed by atoms with van der Waals surface area (Å²) in [6, 6.07) is 13.8. The van der Waals surface area contributed by atoms with Gasteiger partial charge in [0.1, 0.15) is 0 Å². The summed E-state index contributed by atoms with van der Waals surface area (Å²) < 4.78 is 0. The molecule has 108 valence electrons. The smallest absolute Gasteiger partial charge is 0.276 e. The topological polar surface area (TPSA) is 76.0 Å². The van der Waals surface area contributed by atoms with E-state index in [0.717, 1.165) is 10.9 Å². The molecule has 0 aliphatic carbocycles. The molecule has 0 saturated carbocycles. The summed E-state index contributed by atoms with van der Waals surface area (Å²) in [6.45, 7) is 0. The van der Waals surface area contributed by atoms with Crippen molar-refractivity contribution >= 4 is 28.4 Å². The number of aromatic amines is 1. The van der Waals surface area contributed by atoms with Crippen LogP contribution in [0.1, 0.15) is 15.9 Å². The SMILES string of the molecule is O=C(/C=C/c1ccccc1[N+](=O)[O-])c1c[nH]c2ccccc12. The number of hydrogen-bond donors (Lipinski definition) is 1. The predicted octanol–water partition coefficient (Wildman–Crippen LogP) is 3.97. The molecule has 0 atom stereocenters. The molecule has 1 N–H and O–H groups in total. The lowest BCUT2D eigenvalue weighted by molar-refractivity contribution is -0.385. The summed E-state index contributed by atoms with van der Waals surface area (Å²) in [5, 5.41) is 11.8. The van der Waals surface area contributed by atoms with Crippen LogP contribution in [-0.4, -0.2) is 15.7 Å². The molecular formula is C17H12N2O3. The number of hydrogen-bond acceptors (Lipinski definition) is 3. The van der Waals surface area contributed by atoms with E-state index in [0.29, 0.717) is 11.1 Å². The normalized spacial score (nSPS) is 11.1. The number of para-hydroxylation sites is 2. The van der Waals surface area contributed by atoms with Crippen molar-refractivity contribution in [3.8, 4) is 0 Å². The van der Waals surface area contributed by atoms with Crippen LogP contribution in [0.3, 0.4) is 0 Å². The van der Waals surface area contributed by atoms with E-state index in [4.69, 9.17) is 0 Å². The Labute approximate surface area is 126 Å². The lowest BCUT2D eigenvalue weighted by Gasteiger charge is -1.97. The quantitative estimate of drug-likeness (QED) is 0.342. The van der Waals surface area contributed by atoms with Crippen LogP contribution in [0.25, 0.3) is 17.0 Å². The molecule has 0 unspecified atom stereocenters. The summed E-state index contributed by atoms with van der Waals surface area (Å²) >= 11 is 0. The third-order valence-corrected chi connectivity index (χ3v) is 3.40. The Morgan fingerprint density at radius 1 is 1.09 bits per heavy atom. The molecule has 3 aromatic rings. The highest BCUT2D eigenvalue weighted by atomic mass is 16.6. The van der Waals surface area contributed by atoms with Gasteiger partial charge in [0.15, 0.2) is 5.78 Å². The minimum Gasteiger partial charge on any atom is -0.360 e. The lowest BCUT2D eigenvalue weighted by atomic mass is 10.1. The maximum Gasteiger partial charge on any atom is 0.276 e. The second kappa shape index (κ2) is 5.65. The van der Waals surface area contributed by atoms with E-state index >= 15 is 0 Å². The fraction of sp³-hybridized carbons (Fsp3) is 0. The van der Waals surface area contributed by atoms with E-state index in [1.807, 2.05) is 24.3 Å². The van der Waals surface area contributed by atoms with Crippen LogP contribution in [0, 0.1) is 10.1 Å². The molecule has 0 spiro atoms. The van der Waals surface area contributed by atoms with E-state index in [-0.39, 0.29) is 11.5 Å². The van der Waals surface area contributed by atoms with Crippen LogP contribution in [-0.2, 0) is 0 Å². The molecule has 0 aliphatic heterocycles. The van der Waals surface area contributed by atoms with Gasteiger partial charge >= 0.3 is 0 Å².